The van der Waals surface area contributed by atoms with Crippen LogP contribution < -0.4 is 14.5 Å². The fourth-order valence-corrected chi connectivity index (χ4v) is 6.85. The number of hydrogen-bond acceptors (Lipinski definition) is 9. The van der Waals surface area contributed by atoms with Crippen LogP contribution in [0.5, 0.6) is 11.5 Å². The molecule has 11 heteroatoms. The molecule has 2 unspecified atom stereocenters. The molecule has 2 aromatic carbocycles. The van der Waals surface area contributed by atoms with E-state index in [1.165, 1.54) is 14.2 Å². The number of aromatic nitrogens is 1. The monoisotopic (exact) mass is 554 g/mol. The fraction of sp³-hybridized carbons (Fsp3) is 0.357. The van der Waals surface area contributed by atoms with Gasteiger partial charge in [-0.15, -0.1) is 5.01 Å². The minimum Gasteiger partial charge on any atom is -0.493 e. The molecule has 208 valence electrons. The predicted molar refractivity (Wildman–Crippen MR) is 153 cm³/mol. The van der Waals surface area contributed by atoms with Crippen LogP contribution in [-0.4, -0.2) is 90.9 Å². The van der Waals surface area contributed by atoms with Gasteiger partial charge in [-0.1, -0.05) is 23.0 Å². The first-order chi connectivity index (χ1) is 18.6. The topological polar surface area (TPSA) is 102 Å². The zero-order valence-electron chi connectivity index (χ0n) is 23.0. The third-order valence-corrected chi connectivity index (χ3v) is 10.5. The summed E-state index contributed by atoms with van der Waals surface area (Å²) in [6.45, 7) is 2.71. The highest BCUT2D eigenvalue weighted by Gasteiger charge is 2.52. The maximum Gasteiger partial charge on any atom is 0.436 e. The summed E-state index contributed by atoms with van der Waals surface area (Å²) in [5.74, 6) is 0.855. The minimum atomic E-state index is -2.71. The molecular formula is C28H34N4O6S. The highest BCUT2D eigenvalue weighted by atomic mass is 32.3. The normalized spacial score (nSPS) is 21.0. The third kappa shape index (κ3) is 5.37. The van der Waals surface area contributed by atoms with Crippen LogP contribution >= 0.6 is 10.0 Å². The molecule has 0 saturated carbocycles. The SMILES string of the molecule is COc1ccc(C(=O)S2(C)C(=O)N(C(=O)OCCN(C)C)N(c3ccc4ncccc4c3)CC2C)cc1OC. The molecule has 0 aliphatic carbocycles. The number of carbonyl (C=O) groups is 3. The molecule has 2 atom stereocenters. The zero-order valence-corrected chi connectivity index (χ0v) is 23.9. The number of carbonyl (C=O) groups excluding carboxylic acids is 3. The van der Waals surface area contributed by atoms with Crippen LogP contribution in [0.4, 0.5) is 15.3 Å². The second-order valence-electron chi connectivity index (χ2n) is 9.61. The maximum atomic E-state index is 14.3. The largest absolute Gasteiger partial charge is 0.493 e. The first kappa shape index (κ1) is 28.2. The lowest BCUT2D eigenvalue weighted by Gasteiger charge is -2.50. The molecule has 4 rings (SSSR count). The van der Waals surface area contributed by atoms with Crippen LogP contribution in [0.1, 0.15) is 17.3 Å². The van der Waals surface area contributed by atoms with Gasteiger partial charge in [-0.3, -0.25) is 19.6 Å². The van der Waals surface area contributed by atoms with Crippen LogP contribution in [0.3, 0.4) is 0 Å². The fourth-order valence-electron chi connectivity index (χ4n) is 4.39. The van der Waals surface area contributed by atoms with E-state index in [-0.39, 0.29) is 23.5 Å². The number of methoxy groups -OCH3 is 2. The van der Waals surface area contributed by atoms with Crippen LogP contribution in [0.25, 0.3) is 10.9 Å². The highest BCUT2D eigenvalue weighted by Crippen LogP contribution is 2.57. The summed E-state index contributed by atoms with van der Waals surface area (Å²) < 4.78 is 16.2. The number of imide groups is 1. The number of nitrogens with zero attached hydrogens (tertiary/aromatic N) is 4. The van der Waals surface area contributed by atoms with Crippen molar-refractivity contribution < 1.29 is 28.6 Å². The van der Waals surface area contributed by atoms with Gasteiger partial charge in [-0.05, 0) is 62.8 Å². The lowest BCUT2D eigenvalue weighted by Crippen LogP contribution is -2.60. The number of ether oxygens (including phenoxy) is 3. The Balaban J connectivity index is 1.75. The average molecular weight is 555 g/mol. The van der Waals surface area contributed by atoms with Crippen molar-refractivity contribution in [2.24, 2.45) is 0 Å². The molecule has 2 heterocycles. The predicted octanol–water partition coefficient (Wildman–Crippen LogP) is 4.77. The van der Waals surface area contributed by atoms with Gasteiger partial charge in [-0.2, -0.15) is 0 Å². The van der Waals surface area contributed by atoms with Gasteiger partial charge in [0.15, 0.2) is 11.5 Å². The molecule has 0 N–H and O–H groups in total. The number of hydrogen-bond donors (Lipinski definition) is 0. The Labute approximate surface area is 229 Å². The van der Waals surface area contributed by atoms with Gasteiger partial charge >= 0.3 is 6.09 Å². The number of amides is 2. The molecule has 1 aromatic heterocycles. The Morgan fingerprint density at radius 1 is 1.08 bits per heavy atom. The lowest BCUT2D eigenvalue weighted by molar-refractivity contribution is 0.103. The number of anilines is 1. The van der Waals surface area contributed by atoms with Gasteiger partial charge in [0.1, 0.15) is 6.61 Å². The molecule has 1 fully saturated rings. The molecule has 1 aliphatic rings. The number of hydrazine groups is 1. The standard InChI is InChI=1S/C28H34N4O6S/c1-19-18-31(22-10-11-23-20(16-22)8-7-13-29-23)32(27(34)38-15-14-30(2)3)28(35)39(19,6)26(33)21-9-12-24(36-4)25(17-21)37-5/h7-13,16-17,19H,14-15,18H2,1-6H3. The lowest BCUT2D eigenvalue weighted by atomic mass is 10.2. The Morgan fingerprint density at radius 2 is 1.82 bits per heavy atom. The summed E-state index contributed by atoms with van der Waals surface area (Å²) in [4.78, 5) is 47.9. The summed E-state index contributed by atoms with van der Waals surface area (Å²) in [5.41, 5.74) is 1.73. The Bertz CT molecular complexity index is 1400. The van der Waals surface area contributed by atoms with Crippen LogP contribution in [-0.2, 0) is 4.74 Å². The molecule has 2 amide bonds. The smallest absolute Gasteiger partial charge is 0.436 e. The molecule has 3 aromatic rings. The quantitative estimate of drug-likeness (QED) is 0.409. The number of benzene rings is 2. The van der Waals surface area contributed by atoms with Crippen molar-refractivity contribution in [2.75, 3.05) is 59.3 Å². The molecule has 39 heavy (non-hydrogen) atoms. The Morgan fingerprint density at radius 3 is 2.51 bits per heavy atom. The van der Waals surface area contributed by atoms with Crippen molar-refractivity contribution in [3.63, 3.8) is 0 Å². The van der Waals surface area contributed by atoms with E-state index >= 15 is 0 Å². The average Bonchev–Trinajstić information content (AvgIpc) is 2.94. The van der Waals surface area contributed by atoms with E-state index in [4.69, 9.17) is 14.2 Å². The van der Waals surface area contributed by atoms with E-state index in [2.05, 4.69) is 4.98 Å². The number of fused-ring (bicyclic) bond motifs is 1. The minimum absolute atomic E-state index is 0.0936. The second kappa shape index (κ2) is 11.5. The number of rotatable bonds is 7. The number of likely N-dealkylation sites (N-methyl/N-ethyl adjacent to an activating group) is 1. The molecule has 0 spiro atoms. The van der Waals surface area contributed by atoms with Gasteiger partial charge in [-0.25, -0.2) is 4.79 Å². The van der Waals surface area contributed by atoms with Crippen molar-refractivity contribution in [3.8, 4) is 11.5 Å². The van der Waals surface area contributed by atoms with E-state index < -0.39 is 21.4 Å². The van der Waals surface area contributed by atoms with Crippen molar-refractivity contribution >= 4 is 43.1 Å². The summed E-state index contributed by atoms with van der Waals surface area (Å²) in [6, 6.07) is 14.1. The van der Waals surface area contributed by atoms with E-state index in [9.17, 15) is 14.4 Å². The first-order valence-electron chi connectivity index (χ1n) is 12.4. The van der Waals surface area contributed by atoms with Crippen LogP contribution in [0.15, 0.2) is 54.7 Å². The van der Waals surface area contributed by atoms with Crippen LogP contribution in [0.2, 0.25) is 0 Å². The van der Waals surface area contributed by atoms with Crippen molar-refractivity contribution in [1.29, 1.82) is 0 Å². The van der Waals surface area contributed by atoms with E-state index in [0.29, 0.717) is 29.3 Å². The van der Waals surface area contributed by atoms with Crippen molar-refractivity contribution in [1.82, 2.24) is 14.9 Å². The van der Waals surface area contributed by atoms with Gasteiger partial charge in [0, 0.05) is 28.9 Å². The third-order valence-electron chi connectivity index (χ3n) is 6.84. The van der Waals surface area contributed by atoms with Crippen molar-refractivity contribution in [3.05, 3.63) is 60.3 Å². The highest BCUT2D eigenvalue weighted by molar-refractivity contribution is 8.55. The summed E-state index contributed by atoms with van der Waals surface area (Å²) in [5, 5.41) is 2.17. The van der Waals surface area contributed by atoms with Crippen molar-refractivity contribution in [2.45, 2.75) is 12.2 Å². The first-order valence-corrected chi connectivity index (χ1v) is 14.5. The van der Waals surface area contributed by atoms with Gasteiger partial charge in [0.05, 0.1) is 32.0 Å². The molecule has 0 bridgehead atoms. The summed E-state index contributed by atoms with van der Waals surface area (Å²) in [6.07, 6.45) is 2.55. The maximum absolute atomic E-state index is 14.3. The van der Waals surface area contributed by atoms with E-state index in [1.807, 2.05) is 56.3 Å². The molecule has 1 saturated heterocycles. The van der Waals surface area contributed by atoms with E-state index in [0.717, 1.165) is 15.9 Å². The molecule has 1 aliphatic heterocycles. The van der Waals surface area contributed by atoms with Gasteiger partial charge in [0.2, 0.25) is 5.12 Å². The summed E-state index contributed by atoms with van der Waals surface area (Å²) in [7, 11) is 4.01. The van der Waals surface area contributed by atoms with E-state index in [1.54, 1.807) is 35.7 Å². The zero-order chi connectivity index (χ0) is 28.3. The Hall–Kier alpha value is -3.83. The molecular weight excluding hydrogens is 520 g/mol. The molecule has 0 radical (unpaired) electrons. The molecule has 10 nitrogen and oxygen atoms in total. The second-order valence-corrected chi connectivity index (χ2v) is 13.1. The number of pyridine rings is 1. The van der Waals surface area contributed by atoms with Gasteiger partial charge in [0.25, 0.3) is 5.24 Å². The van der Waals surface area contributed by atoms with Gasteiger partial charge < -0.3 is 19.1 Å². The van der Waals surface area contributed by atoms with Crippen LogP contribution in [0, 0.1) is 0 Å². The summed E-state index contributed by atoms with van der Waals surface area (Å²) >= 11 is 0. The Kier molecular flexibility index (Phi) is 8.31.